The molecule has 2 aromatic carbocycles. The van der Waals surface area contributed by atoms with Crippen LogP contribution in [0, 0.1) is 16.0 Å². The predicted octanol–water partition coefficient (Wildman–Crippen LogP) is 3.20. The molecule has 27 heavy (non-hydrogen) atoms. The maximum Gasteiger partial charge on any atom is 0.269 e. The second-order valence-corrected chi connectivity index (χ2v) is 8.26. The Morgan fingerprint density at radius 3 is 2.30 bits per heavy atom. The summed E-state index contributed by atoms with van der Waals surface area (Å²) in [5.74, 6) is -0.910. The average Bonchev–Trinajstić information content (AvgIpc) is 2.60. The van der Waals surface area contributed by atoms with Crippen molar-refractivity contribution < 1.29 is 18.1 Å². The normalized spacial score (nSPS) is 12.3. The highest BCUT2D eigenvalue weighted by atomic mass is 32.2. The molecule has 0 aliphatic heterocycles. The van der Waals surface area contributed by atoms with Crippen molar-refractivity contribution in [3.63, 3.8) is 0 Å². The fourth-order valence-electron chi connectivity index (χ4n) is 2.66. The molecule has 0 fully saturated rings. The van der Waals surface area contributed by atoms with E-state index in [0.717, 1.165) is 12.8 Å². The maximum atomic E-state index is 12.1. The van der Waals surface area contributed by atoms with E-state index in [1.807, 2.05) is 37.3 Å². The first-order chi connectivity index (χ1) is 12.7. The highest BCUT2D eigenvalue weighted by molar-refractivity contribution is 7.89. The van der Waals surface area contributed by atoms with Gasteiger partial charge in [0.25, 0.3) is 5.69 Å². The van der Waals surface area contributed by atoms with Crippen LogP contribution < -0.4 is 4.72 Å². The van der Waals surface area contributed by atoms with Gasteiger partial charge in [-0.3, -0.25) is 19.6 Å². The molecule has 0 bridgehead atoms. The van der Waals surface area contributed by atoms with Gasteiger partial charge in [-0.2, -0.15) is 0 Å². The van der Waals surface area contributed by atoms with Gasteiger partial charge in [-0.1, -0.05) is 49.4 Å². The minimum atomic E-state index is -3.85. The van der Waals surface area contributed by atoms with E-state index in [1.165, 1.54) is 29.8 Å². The third-order valence-corrected chi connectivity index (χ3v) is 5.33. The lowest BCUT2D eigenvalue weighted by Crippen LogP contribution is -2.32. The number of nitrogens with zero attached hydrogens (tertiary/aromatic N) is 1. The maximum absolute atomic E-state index is 12.1. The summed E-state index contributed by atoms with van der Waals surface area (Å²) in [6.07, 6.45) is 1.72. The van der Waals surface area contributed by atoms with Crippen molar-refractivity contribution in [1.82, 2.24) is 4.72 Å². The van der Waals surface area contributed by atoms with Gasteiger partial charge < -0.3 is 0 Å². The lowest BCUT2D eigenvalue weighted by atomic mass is 9.98. The monoisotopic (exact) mass is 390 g/mol. The van der Waals surface area contributed by atoms with Gasteiger partial charge in [0.1, 0.15) is 0 Å². The van der Waals surface area contributed by atoms with Crippen molar-refractivity contribution in [1.29, 1.82) is 0 Å². The fraction of sp³-hybridized carbons (Fsp3) is 0.316. The molecule has 1 unspecified atom stereocenters. The summed E-state index contributed by atoms with van der Waals surface area (Å²) in [6, 6.07) is 15.1. The molecule has 0 heterocycles. The Balaban J connectivity index is 1.83. The molecule has 2 aromatic rings. The number of hydrogen-bond donors (Lipinski definition) is 1. The molecule has 8 heteroatoms. The van der Waals surface area contributed by atoms with Gasteiger partial charge in [0.15, 0.2) is 0 Å². The second-order valence-electron chi connectivity index (χ2n) is 6.54. The number of hydrogen-bond acceptors (Lipinski definition) is 5. The Kier molecular flexibility index (Phi) is 7.06. The van der Waals surface area contributed by atoms with Gasteiger partial charge in [-0.05, 0) is 29.9 Å². The van der Waals surface area contributed by atoms with Gasteiger partial charge in [0.05, 0.1) is 10.7 Å². The number of benzene rings is 2. The Hall–Kier alpha value is -2.74. The molecule has 1 amide bonds. The third kappa shape index (κ3) is 7.18. The Morgan fingerprint density at radius 2 is 1.70 bits per heavy atom. The molecule has 0 aliphatic rings. The number of rotatable bonds is 9. The zero-order valence-electron chi connectivity index (χ0n) is 15.0. The van der Waals surface area contributed by atoms with E-state index in [9.17, 15) is 23.3 Å². The van der Waals surface area contributed by atoms with Crippen molar-refractivity contribution in [2.24, 2.45) is 5.92 Å². The Bertz CT molecular complexity index is 880. The van der Waals surface area contributed by atoms with Crippen LogP contribution in [-0.4, -0.2) is 19.2 Å². The third-order valence-electron chi connectivity index (χ3n) is 4.08. The number of amides is 1. The zero-order valence-corrected chi connectivity index (χ0v) is 15.8. The summed E-state index contributed by atoms with van der Waals surface area (Å²) >= 11 is 0. The van der Waals surface area contributed by atoms with E-state index in [2.05, 4.69) is 4.72 Å². The highest BCUT2D eigenvalue weighted by Crippen LogP contribution is 2.15. The minimum Gasteiger partial charge on any atom is -0.274 e. The number of nitro benzene ring substituents is 1. The van der Waals surface area contributed by atoms with Crippen molar-refractivity contribution in [3.05, 3.63) is 75.8 Å². The number of aryl methyl sites for hydroxylation is 1. The van der Waals surface area contributed by atoms with Crippen molar-refractivity contribution in [2.45, 2.75) is 31.9 Å². The molecule has 7 nitrogen and oxygen atoms in total. The molecule has 0 aromatic heterocycles. The van der Waals surface area contributed by atoms with Crippen LogP contribution in [0.5, 0.6) is 0 Å². The number of carbonyl (C=O) groups excluding carboxylic acids is 1. The first-order valence-electron chi connectivity index (χ1n) is 8.56. The van der Waals surface area contributed by atoms with Gasteiger partial charge in [-0.15, -0.1) is 0 Å². The minimum absolute atomic E-state index is 0.0415. The van der Waals surface area contributed by atoms with E-state index < -0.39 is 26.6 Å². The van der Waals surface area contributed by atoms with Gasteiger partial charge in [0, 0.05) is 18.6 Å². The first-order valence-corrected chi connectivity index (χ1v) is 10.2. The lowest BCUT2D eigenvalue weighted by molar-refractivity contribution is -0.384. The van der Waals surface area contributed by atoms with Crippen molar-refractivity contribution in [2.75, 3.05) is 0 Å². The van der Waals surface area contributed by atoms with E-state index >= 15 is 0 Å². The Morgan fingerprint density at radius 1 is 1.07 bits per heavy atom. The largest absolute Gasteiger partial charge is 0.274 e. The predicted molar refractivity (Wildman–Crippen MR) is 102 cm³/mol. The SMILES string of the molecule is CC(CCc1ccccc1)CC(=O)NS(=O)(=O)Cc1ccc([N+](=O)[O-])cc1. The molecule has 0 radical (unpaired) electrons. The van der Waals surface area contributed by atoms with E-state index in [4.69, 9.17) is 0 Å². The molecule has 2 rings (SSSR count). The van der Waals surface area contributed by atoms with Crippen LogP contribution in [0.4, 0.5) is 5.69 Å². The number of sulfonamides is 1. The number of nitrogens with one attached hydrogen (secondary N) is 1. The Labute approximate surface area is 158 Å². The standard InChI is InChI=1S/C19H22N2O5S/c1-15(7-8-16-5-3-2-4-6-16)13-19(22)20-27(25,26)14-17-9-11-18(12-10-17)21(23)24/h2-6,9-12,15H,7-8,13-14H2,1H3,(H,20,22). The summed E-state index contributed by atoms with van der Waals surface area (Å²) in [5, 5.41) is 10.6. The molecule has 0 aliphatic carbocycles. The zero-order chi connectivity index (χ0) is 19.9. The van der Waals surface area contributed by atoms with Gasteiger partial charge in [-0.25, -0.2) is 8.42 Å². The molecule has 1 atom stereocenters. The second kappa shape index (κ2) is 9.27. The van der Waals surface area contributed by atoms with Crippen molar-refractivity contribution in [3.8, 4) is 0 Å². The summed E-state index contributed by atoms with van der Waals surface area (Å²) < 4.78 is 26.3. The summed E-state index contributed by atoms with van der Waals surface area (Å²) in [4.78, 5) is 22.1. The summed E-state index contributed by atoms with van der Waals surface area (Å²) in [6.45, 7) is 1.91. The molecule has 0 saturated carbocycles. The average molecular weight is 390 g/mol. The van der Waals surface area contributed by atoms with Crippen LogP contribution in [0.25, 0.3) is 0 Å². The fourth-order valence-corrected chi connectivity index (χ4v) is 3.79. The van der Waals surface area contributed by atoms with Crippen LogP contribution in [0.15, 0.2) is 54.6 Å². The van der Waals surface area contributed by atoms with Crippen molar-refractivity contribution >= 4 is 21.6 Å². The van der Waals surface area contributed by atoms with Crippen LogP contribution in [-0.2, 0) is 27.0 Å². The van der Waals surface area contributed by atoms with Crippen LogP contribution in [0.3, 0.4) is 0 Å². The molecule has 1 N–H and O–H groups in total. The van der Waals surface area contributed by atoms with Gasteiger partial charge in [0.2, 0.25) is 15.9 Å². The molecular weight excluding hydrogens is 368 g/mol. The highest BCUT2D eigenvalue weighted by Gasteiger charge is 2.18. The number of nitro groups is 1. The summed E-state index contributed by atoms with van der Waals surface area (Å²) in [7, 11) is -3.85. The molecular formula is C19H22N2O5S. The van der Waals surface area contributed by atoms with E-state index in [0.29, 0.717) is 5.56 Å². The first kappa shape index (κ1) is 20.6. The van der Waals surface area contributed by atoms with E-state index in [-0.39, 0.29) is 18.0 Å². The van der Waals surface area contributed by atoms with Crippen LogP contribution >= 0.6 is 0 Å². The topological polar surface area (TPSA) is 106 Å². The van der Waals surface area contributed by atoms with Crippen LogP contribution in [0.2, 0.25) is 0 Å². The lowest BCUT2D eigenvalue weighted by Gasteiger charge is -2.12. The number of carbonyl (C=O) groups is 1. The van der Waals surface area contributed by atoms with E-state index in [1.54, 1.807) is 0 Å². The van der Waals surface area contributed by atoms with Gasteiger partial charge >= 0.3 is 0 Å². The molecule has 144 valence electrons. The molecule has 0 spiro atoms. The molecule has 0 saturated heterocycles. The summed E-state index contributed by atoms with van der Waals surface area (Å²) in [5.41, 5.74) is 1.43. The quantitative estimate of drug-likeness (QED) is 0.523. The smallest absolute Gasteiger partial charge is 0.269 e. The number of non-ortho nitro benzene ring substituents is 1. The van der Waals surface area contributed by atoms with Crippen LogP contribution in [0.1, 0.15) is 30.9 Å².